The molecule has 1 amide bonds. The van der Waals surface area contributed by atoms with Gasteiger partial charge in [-0.15, -0.1) is 0 Å². The fourth-order valence-corrected chi connectivity index (χ4v) is 1.67. The fourth-order valence-electron chi connectivity index (χ4n) is 1.67. The van der Waals surface area contributed by atoms with Crippen molar-refractivity contribution in [1.29, 1.82) is 0 Å². The van der Waals surface area contributed by atoms with Gasteiger partial charge in [0.1, 0.15) is 0 Å². The second-order valence-corrected chi connectivity index (χ2v) is 4.22. The quantitative estimate of drug-likeness (QED) is 0.895. The van der Waals surface area contributed by atoms with Crippen molar-refractivity contribution in [3.8, 4) is 11.3 Å². The Morgan fingerprint density at radius 1 is 1.15 bits per heavy atom. The summed E-state index contributed by atoms with van der Waals surface area (Å²) < 4.78 is 0. The van der Waals surface area contributed by atoms with Crippen LogP contribution in [0.15, 0.2) is 42.6 Å². The molecule has 1 aromatic heterocycles. The van der Waals surface area contributed by atoms with Gasteiger partial charge in [-0.25, -0.2) is 4.79 Å². The van der Waals surface area contributed by atoms with Crippen LogP contribution in [0.2, 0.25) is 0 Å². The fraction of sp³-hybridized carbons (Fsp3) is 0.133. The van der Waals surface area contributed by atoms with E-state index in [1.165, 1.54) is 12.1 Å². The van der Waals surface area contributed by atoms with E-state index >= 15 is 0 Å². The molecule has 0 saturated heterocycles. The van der Waals surface area contributed by atoms with Crippen molar-refractivity contribution < 1.29 is 14.7 Å². The second kappa shape index (κ2) is 5.97. The zero-order chi connectivity index (χ0) is 14.5. The Bertz CT molecular complexity index is 619. The molecule has 0 aliphatic heterocycles. The Hall–Kier alpha value is -2.69. The summed E-state index contributed by atoms with van der Waals surface area (Å²) in [7, 11) is 0. The van der Waals surface area contributed by atoms with Crippen molar-refractivity contribution in [1.82, 2.24) is 4.98 Å². The van der Waals surface area contributed by atoms with E-state index in [0.717, 1.165) is 11.3 Å². The van der Waals surface area contributed by atoms with Crippen LogP contribution in [-0.2, 0) is 4.79 Å². The van der Waals surface area contributed by atoms with E-state index < -0.39 is 5.97 Å². The molecule has 102 valence electrons. The highest BCUT2D eigenvalue weighted by Crippen LogP contribution is 2.19. The molecule has 0 aliphatic rings. The minimum absolute atomic E-state index is 0.0645. The summed E-state index contributed by atoms with van der Waals surface area (Å²) in [5.41, 5.74) is 2.42. The summed E-state index contributed by atoms with van der Waals surface area (Å²) in [6.45, 7) is 1.78. The standard InChI is InChI=1S/C15H14N2O3/c1-2-14(18)17-12-7-8-13(16-9-12)10-3-5-11(6-4-10)15(19)20/h3-9H,2H2,1H3,(H,17,18)(H,19,20). The molecule has 0 aliphatic carbocycles. The third-order valence-corrected chi connectivity index (χ3v) is 2.80. The van der Waals surface area contributed by atoms with Gasteiger partial charge in [0.25, 0.3) is 0 Å². The molecule has 0 saturated carbocycles. The molecule has 5 nitrogen and oxygen atoms in total. The lowest BCUT2D eigenvalue weighted by molar-refractivity contribution is -0.115. The summed E-state index contributed by atoms with van der Waals surface area (Å²) in [4.78, 5) is 26.3. The Morgan fingerprint density at radius 3 is 2.35 bits per heavy atom. The van der Waals surface area contributed by atoms with Gasteiger partial charge >= 0.3 is 5.97 Å². The third kappa shape index (κ3) is 3.20. The largest absolute Gasteiger partial charge is 0.478 e. The number of hydrogen-bond donors (Lipinski definition) is 2. The number of pyridine rings is 1. The number of nitrogens with one attached hydrogen (secondary N) is 1. The van der Waals surface area contributed by atoms with Gasteiger partial charge in [-0.1, -0.05) is 19.1 Å². The van der Waals surface area contributed by atoms with E-state index in [2.05, 4.69) is 10.3 Å². The highest BCUT2D eigenvalue weighted by molar-refractivity contribution is 5.90. The van der Waals surface area contributed by atoms with Crippen molar-refractivity contribution in [2.75, 3.05) is 5.32 Å². The summed E-state index contributed by atoms with van der Waals surface area (Å²) in [6.07, 6.45) is 1.99. The number of carbonyl (C=O) groups is 2. The normalized spacial score (nSPS) is 10.1. The van der Waals surface area contributed by atoms with Crippen LogP contribution in [0.3, 0.4) is 0 Å². The molecule has 0 fully saturated rings. The highest BCUT2D eigenvalue weighted by atomic mass is 16.4. The van der Waals surface area contributed by atoms with Crippen molar-refractivity contribution in [3.05, 3.63) is 48.2 Å². The second-order valence-electron chi connectivity index (χ2n) is 4.22. The van der Waals surface area contributed by atoms with Gasteiger partial charge in [0.2, 0.25) is 5.91 Å². The Kier molecular flexibility index (Phi) is 4.10. The van der Waals surface area contributed by atoms with Crippen molar-refractivity contribution in [2.24, 2.45) is 0 Å². The Labute approximate surface area is 116 Å². The molecule has 1 heterocycles. The molecule has 0 atom stereocenters. The Balaban J connectivity index is 2.17. The minimum atomic E-state index is -0.956. The minimum Gasteiger partial charge on any atom is -0.478 e. The highest BCUT2D eigenvalue weighted by Gasteiger charge is 2.05. The number of carbonyl (C=O) groups excluding carboxylic acids is 1. The SMILES string of the molecule is CCC(=O)Nc1ccc(-c2ccc(C(=O)O)cc2)nc1. The summed E-state index contributed by atoms with van der Waals surface area (Å²) in [6, 6.07) is 10.0. The van der Waals surface area contributed by atoms with Crippen LogP contribution >= 0.6 is 0 Å². The van der Waals surface area contributed by atoms with Crippen LogP contribution in [0.5, 0.6) is 0 Å². The van der Waals surface area contributed by atoms with Gasteiger partial charge < -0.3 is 10.4 Å². The van der Waals surface area contributed by atoms with E-state index in [0.29, 0.717) is 12.1 Å². The maximum Gasteiger partial charge on any atom is 0.335 e. The van der Waals surface area contributed by atoms with Crippen molar-refractivity contribution in [2.45, 2.75) is 13.3 Å². The van der Waals surface area contributed by atoms with E-state index in [1.54, 1.807) is 37.4 Å². The number of carboxylic acids is 1. The molecule has 2 aromatic rings. The molecule has 0 unspecified atom stereocenters. The number of nitrogens with zero attached hydrogens (tertiary/aromatic N) is 1. The number of anilines is 1. The molecule has 0 radical (unpaired) electrons. The average molecular weight is 270 g/mol. The molecule has 2 N–H and O–H groups in total. The average Bonchev–Trinajstić information content (AvgIpc) is 2.48. The van der Waals surface area contributed by atoms with Gasteiger partial charge in [-0.2, -0.15) is 0 Å². The number of benzene rings is 1. The van der Waals surface area contributed by atoms with Gasteiger partial charge in [0, 0.05) is 12.0 Å². The molecule has 0 spiro atoms. The number of amides is 1. The number of aromatic carboxylic acids is 1. The van der Waals surface area contributed by atoms with Gasteiger partial charge in [0.05, 0.1) is 23.1 Å². The molecule has 2 rings (SSSR count). The first kappa shape index (κ1) is 13.7. The van der Waals surface area contributed by atoms with Crippen LogP contribution in [0.1, 0.15) is 23.7 Å². The zero-order valence-corrected chi connectivity index (χ0v) is 11.0. The molecular weight excluding hydrogens is 256 g/mol. The molecule has 5 heteroatoms. The van der Waals surface area contributed by atoms with E-state index in [4.69, 9.17) is 5.11 Å². The van der Waals surface area contributed by atoms with Crippen LogP contribution < -0.4 is 5.32 Å². The molecule has 1 aromatic carbocycles. The lowest BCUT2D eigenvalue weighted by atomic mass is 10.1. The first-order chi connectivity index (χ1) is 9.60. The van der Waals surface area contributed by atoms with Crippen molar-refractivity contribution >= 4 is 17.6 Å². The summed E-state index contributed by atoms with van der Waals surface area (Å²) >= 11 is 0. The summed E-state index contributed by atoms with van der Waals surface area (Å²) in [5.74, 6) is -1.02. The predicted octanol–water partition coefficient (Wildman–Crippen LogP) is 2.80. The first-order valence-corrected chi connectivity index (χ1v) is 6.20. The molecule has 0 bridgehead atoms. The first-order valence-electron chi connectivity index (χ1n) is 6.20. The third-order valence-electron chi connectivity index (χ3n) is 2.80. The monoisotopic (exact) mass is 270 g/mol. The van der Waals surface area contributed by atoms with Crippen LogP contribution in [0.25, 0.3) is 11.3 Å². The van der Waals surface area contributed by atoms with Gasteiger partial charge in [-0.05, 0) is 24.3 Å². The lowest BCUT2D eigenvalue weighted by Gasteiger charge is -2.05. The number of carboxylic acid groups (broad SMARTS) is 1. The Morgan fingerprint density at radius 2 is 1.85 bits per heavy atom. The van der Waals surface area contributed by atoms with Crippen LogP contribution in [0.4, 0.5) is 5.69 Å². The van der Waals surface area contributed by atoms with Crippen LogP contribution in [-0.4, -0.2) is 22.0 Å². The van der Waals surface area contributed by atoms with E-state index in [9.17, 15) is 9.59 Å². The molecular formula is C15H14N2O3. The molecule has 20 heavy (non-hydrogen) atoms. The number of rotatable bonds is 4. The topological polar surface area (TPSA) is 79.3 Å². The number of hydrogen-bond acceptors (Lipinski definition) is 3. The summed E-state index contributed by atoms with van der Waals surface area (Å²) in [5, 5.41) is 11.5. The van der Waals surface area contributed by atoms with Crippen molar-refractivity contribution in [3.63, 3.8) is 0 Å². The predicted molar refractivity (Wildman–Crippen MR) is 75.6 cm³/mol. The van der Waals surface area contributed by atoms with Gasteiger partial charge in [0.15, 0.2) is 0 Å². The number of aromatic nitrogens is 1. The zero-order valence-electron chi connectivity index (χ0n) is 11.0. The maximum absolute atomic E-state index is 11.2. The van der Waals surface area contributed by atoms with E-state index in [1.807, 2.05) is 0 Å². The van der Waals surface area contributed by atoms with Crippen LogP contribution in [0, 0.1) is 0 Å². The maximum atomic E-state index is 11.2. The van der Waals surface area contributed by atoms with E-state index in [-0.39, 0.29) is 11.5 Å². The van der Waals surface area contributed by atoms with Gasteiger partial charge in [-0.3, -0.25) is 9.78 Å². The lowest BCUT2D eigenvalue weighted by Crippen LogP contribution is -2.09. The smallest absolute Gasteiger partial charge is 0.335 e.